The molecule has 0 bridgehead atoms. The third-order valence-electron chi connectivity index (χ3n) is 7.15. The van der Waals surface area contributed by atoms with Gasteiger partial charge in [0.15, 0.2) is 0 Å². The molecule has 0 aromatic carbocycles. The van der Waals surface area contributed by atoms with E-state index in [0.29, 0.717) is 0 Å². The minimum absolute atomic E-state index is 0. The molecular formula is C36H36CoN6. The van der Waals surface area contributed by atoms with E-state index in [9.17, 15) is 0 Å². The summed E-state index contributed by atoms with van der Waals surface area (Å²) in [5.41, 5.74) is 13.1. The van der Waals surface area contributed by atoms with Gasteiger partial charge in [0.05, 0.1) is 34.2 Å². The Kier molecular flexibility index (Phi) is 12.4. The first-order valence-corrected chi connectivity index (χ1v) is 13.9. The summed E-state index contributed by atoms with van der Waals surface area (Å²) >= 11 is 0. The molecule has 0 saturated carbocycles. The summed E-state index contributed by atoms with van der Waals surface area (Å²) in [6.45, 7) is 12.5. The van der Waals surface area contributed by atoms with Gasteiger partial charge in [0.1, 0.15) is 0 Å². The van der Waals surface area contributed by atoms with Crippen molar-refractivity contribution in [2.75, 3.05) is 0 Å². The summed E-state index contributed by atoms with van der Waals surface area (Å²) in [5.74, 6) is 0. The molecule has 7 heteroatoms. The molecule has 6 heterocycles. The molecule has 6 nitrogen and oxygen atoms in total. The second-order valence-electron chi connectivity index (χ2n) is 9.95. The van der Waals surface area contributed by atoms with Crippen LogP contribution in [0.4, 0.5) is 0 Å². The van der Waals surface area contributed by atoms with E-state index in [2.05, 4.69) is 71.4 Å². The second-order valence-corrected chi connectivity index (χ2v) is 9.95. The van der Waals surface area contributed by atoms with Crippen LogP contribution < -0.4 is 0 Å². The fourth-order valence-corrected chi connectivity index (χ4v) is 4.18. The number of rotatable bonds is 3. The number of nitrogens with zero attached hydrogens (tertiary/aromatic N) is 6. The van der Waals surface area contributed by atoms with E-state index in [1.807, 2.05) is 91.4 Å². The van der Waals surface area contributed by atoms with Gasteiger partial charge in [-0.05, 0) is 130 Å². The van der Waals surface area contributed by atoms with E-state index in [1.54, 1.807) is 18.6 Å². The maximum absolute atomic E-state index is 4.35. The van der Waals surface area contributed by atoms with Crippen molar-refractivity contribution in [1.29, 1.82) is 0 Å². The molecule has 219 valence electrons. The van der Waals surface area contributed by atoms with Gasteiger partial charge in [0.2, 0.25) is 0 Å². The van der Waals surface area contributed by atoms with Crippen LogP contribution in [0.25, 0.3) is 34.2 Å². The van der Waals surface area contributed by atoms with E-state index < -0.39 is 0 Å². The first-order chi connectivity index (χ1) is 20.4. The third-order valence-corrected chi connectivity index (χ3v) is 7.15. The molecule has 0 unspecified atom stereocenters. The number of hydrogen-bond donors (Lipinski definition) is 0. The molecule has 0 N–H and O–H groups in total. The third kappa shape index (κ3) is 8.70. The first kappa shape index (κ1) is 32.9. The maximum atomic E-state index is 4.35. The predicted octanol–water partition coefficient (Wildman–Crippen LogP) is 8.28. The van der Waals surface area contributed by atoms with Crippen molar-refractivity contribution in [1.82, 2.24) is 29.9 Å². The molecule has 0 aliphatic carbocycles. The van der Waals surface area contributed by atoms with Gasteiger partial charge in [-0.25, -0.2) is 0 Å². The van der Waals surface area contributed by atoms with Gasteiger partial charge in [-0.15, -0.1) is 0 Å². The molecule has 6 rings (SSSR count). The molecular weight excluding hydrogens is 575 g/mol. The summed E-state index contributed by atoms with van der Waals surface area (Å²) in [5, 5.41) is 0. The van der Waals surface area contributed by atoms with Crippen molar-refractivity contribution in [2.45, 2.75) is 41.5 Å². The molecule has 0 atom stereocenters. The van der Waals surface area contributed by atoms with Crippen molar-refractivity contribution in [3.63, 3.8) is 0 Å². The van der Waals surface area contributed by atoms with Crippen LogP contribution in [-0.4, -0.2) is 29.9 Å². The maximum Gasteiger partial charge on any atom is 0.0917 e. The van der Waals surface area contributed by atoms with Crippen molar-refractivity contribution < 1.29 is 16.8 Å². The largest absolute Gasteiger partial charge is 0.255 e. The van der Waals surface area contributed by atoms with Gasteiger partial charge in [0, 0.05) is 54.0 Å². The van der Waals surface area contributed by atoms with Gasteiger partial charge in [-0.3, -0.25) is 29.9 Å². The van der Waals surface area contributed by atoms with Gasteiger partial charge in [-0.1, -0.05) is 18.2 Å². The first-order valence-electron chi connectivity index (χ1n) is 13.9. The fraction of sp³-hybridized carbons (Fsp3) is 0.167. The monoisotopic (exact) mass is 611 g/mol. The van der Waals surface area contributed by atoms with E-state index in [0.717, 1.165) is 34.2 Å². The summed E-state index contributed by atoms with van der Waals surface area (Å²) in [6.07, 6.45) is 10.8. The molecule has 0 fully saturated rings. The molecule has 0 amide bonds. The Labute approximate surface area is 265 Å². The summed E-state index contributed by atoms with van der Waals surface area (Å²) in [7, 11) is 0. The van der Waals surface area contributed by atoms with Crippen LogP contribution in [0.1, 0.15) is 33.4 Å². The van der Waals surface area contributed by atoms with Crippen molar-refractivity contribution in [2.24, 2.45) is 0 Å². The molecule has 0 spiro atoms. The summed E-state index contributed by atoms with van der Waals surface area (Å²) in [6, 6.07) is 23.7. The normalized spacial score (nSPS) is 9.91. The van der Waals surface area contributed by atoms with Gasteiger partial charge < -0.3 is 0 Å². The number of aryl methyl sites for hydroxylation is 3. The SMILES string of the molecule is Cc1ccnc(-c2ccccn2)c1C.Cc1ccnc(-c2ccccn2)c1C.Cc1ccnc(-c2ccccn2)c1C.[Co]. The van der Waals surface area contributed by atoms with Crippen molar-refractivity contribution >= 4 is 0 Å². The molecule has 0 saturated heterocycles. The average molecular weight is 612 g/mol. The predicted molar refractivity (Wildman–Crippen MR) is 171 cm³/mol. The molecule has 1 radical (unpaired) electrons. The number of aromatic nitrogens is 6. The Morgan fingerprint density at radius 1 is 0.326 bits per heavy atom. The van der Waals surface area contributed by atoms with Crippen molar-refractivity contribution in [3.8, 4) is 34.2 Å². The zero-order valence-electron chi connectivity index (χ0n) is 25.4. The molecule has 6 aromatic rings. The van der Waals surface area contributed by atoms with Gasteiger partial charge >= 0.3 is 0 Å². The minimum atomic E-state index is 0. The molecule has 43 heavy (non-hydrogen) atoms. The van der Waals surface area contributed by atoms with E-state index in [-0.39, 0.29) is 16.8 Å². The molecule has 0 aliphatic heterocycles. The summed E-state index contributed by atoms with van der Waals surface area (Å²) in [4.78, 5) is 25.9. The Morgan fingerprint density at radius 3 is 0.837 bits per heavy atom. The van der Waals surface area contributed by atoms with Crippen LogP contribution in [0.2, 0.25) is 0 Å². The topological polar surface area (TPSA) is 77.3 Å². The second kappa shape index (κ2) is 16.2. The standard InChI is InChI=1S/3C12H12N2.Co/c3*1-9-6-8-14-12(10(9)2)11-5-3-4-7-13-11;/h3*3-8H,1-2H3;. The Balaban J connectivity index is 0.000000175. The zero-order valence-corrected chi connectivity index (χ0v) is 26.4. The van der Waals surface area contributed by atoms with Crippen molar-refractivity contribution in [3.05, 3.63) is 143 Å². The van der Waals surface area contributed by atoms with E-state index in [4.69, 9.17) is 0 Å². The van der Waals surface area contributed by atoms with Crippen LogP contribution in [0, 0.1) is 41.5 Å². The zero-order chi connectivity index (χ0) is 29.9. The fourth-order valence-electron chi connectivity index (χ4n) is 4.18. The smallest absolute Gasteiger partial charge is 0.0917 e. The van der Waals surface area contributed by atoms with E-state index >= 15 is 0 Å². The van der Waals surface area contributed by atoms with Crippen LogP contribution in [0.5, 0.6) is 0 Å². The van der Waals surface area contributed by atoms with Crippen LogP contribution >= 0.6 is 0 Å². The van der Waals surface area contributed by atoms with Crippen LogP contribution in [-0.2, 0) is 16.8 Å². The average Bonchev–Trinajstić information content (AvgIpc) is 3.03. The van der Waals surface area contributed by atoms with Crippen LogP contribution in [0.3, 0.4) is 0 Å². The molecule has 0 aliphatic rings. The Bertz CT molecular complexity index is 1520. The number of pyridine rings is 6. The quantitative estimate of drug-likeness (QED) is 0.200. The van der Waals surface area contributed by atoms with E-state index in [1.165, 1.54) is 33.4 Å². The molecule has 6 aromatic heterocycles. The Hall–Kier alpha value is -4.59. The van der Waals surface area contributed by atoms with Crippen LogP contribution in [0.15, 0.2) is 110 Å². The number of hydrogen-bond acceptors (Lipinski definition) is 6. The van der Waals surface area contributed by atoms with Gasteiger partial charge in [0.25, 0.3) is 0 Å². The van der Waals surface area contributed by atoms with Gasteiger partial charge in [-0.2, -0.15) is 0 Å². The minimum Gasteiger partial charge on any atom is -0.255 e. The Morgan fingerprint density at radius 2 is 0.605 bits per heavy atom. The summed E-state index contributed by atoms with van der Waals surface area (Å²) < 4.78 is 0.